The lowest BCUT2D eigenvalue weighted by molar-refractivity contribution is -0.0150. The number of hydrogen-bond acceptors (Lipinski definition) is 0. The van der Waals surface area contributed by atoms with E-state index in [0.717, 1.165) is 0 Å². The van der Waals surface area contributed by atoms with Crippen molar-refractivity contribution < 1.29 is 8.78 Å². The smallest absolute Gasteiger partial charge is 0.201 e. The Labute approximate surface area is 77.6 Å². The lowest BCUT2D eigenvalue weighted by Crippen LogP contribution is -2.12. The van der Waals surface area contributed by atoms with E-state index in [0.29, 0.717) is 12.8 Å². The average molecular weight is 183 g/mol. The molecule has 1 aromatic rings. The summed E-state index contributed by atoms with van der Waals surface area (Å²) in [5.41, 5.74) is 0.100. The standard InChI is InChI=1S/C11H13F2/c1-2-3-9-11(12,13)10-7-5-4-6-8-10/h4-8H,1-3,9H2. The fourth-order valence-electron chi connectivity index (χ4n) is 1.17. The maximum absolute atomic E-state index is 13.3. The number of unbranched alkanes of at least 4 members (excludes halogenated alkanes) is 1. The van der Waals surface area contributed by atoms with Gasteiger partial charge in [-0.15, -0.1) is 0 Å². The van der Waals surface area contributed by atoms with Gasteiger partial charge in [0.1, 0.15) is 0 Å². The van der Waals surface area contributed by atoms with Crippen molar-refractivity contribution in [2.75, 3.05) is 0 Å². The van der Waals surface area contributed by atoms with Crippen LogP contribution in [0.2, 0.25) is 0 Å². The topological polar surface area (TPSA) is 0 Å². The van der Waals surface area contributed by atoms with Gasteiger partial charge in [-0.25, -0.2) is 8.78 Å². The Hall–Kier alpha value is -0.920. The van der Waals surface area contributed by atoms with E-state index in [1.54, 1.807) is 18.2 Å². The van der Waals surface area contributed by atoms with Crippen molar-refractivity contribution in [3.63, 3.8) is 0 Å². The van der Waals surface area contributed by atoms with Crippen molar-refractivity contribution >= 4 is 0 Å². The molecule has 0 saturated carbocycles. The molecule has 1 aromatic carbocycles. The van der Waals surface area contributed by atoms with E-state index in [9.17, 15) is 8.78 Å². The largest absolute Gasteiger partial charge is 0.273 e. The van der Waals surface area contributed by atoms with Gasteiger partial charge < -0.3 is 0 Å². The van der Waals surface area contributed by atoms with Crippen LogP contribution in [0.5, 0.6) is 0 Å². The fourth-order valence-corrected chi connectivity index (χ4v) is 1.17. The van der Waals surface area contributed by atoms with Crippen LogP contribution >= 0.6 is 0 Å². The summed E-state index contributed by atoms with van der Waals surface area (Å²) in [7, 11) is 0. The van der Waals surface area contributed by atoms with Crippen molar-refractivity contribution in [1.29, 1.82) is 0 Å². The highest BCUT2D eigenvalue weighted by atomic mass is 19.3. The monoisotopic (exact) mass is 183 g/mol. The lowest BCUT2D eigenvalue weighted by Gasteiger charge is -2.15. The van der Waals surface area contributed by atoms with Crippen LogP contribution in [0.25, 0.3) is 0 Å². The van der Waals surface area contributed by atoms with Crippen LogP contribution in [-0.4, -0.2) is 0 Å². The molecular weight excluding hydrogens is 170 g/mol. The van der Waals surface area contributed by atoms with Gasteiger partial charge >= 0.3 is 0 Å². The van der Waals surface area contributed by atoms with Crippen LogP contribution in [0.3, 0.4) is 0 Å². The number of rotatable bonds is 4. The van der Waals surface area contributed by atoms with Gasteiger partial charge in [0, 0.05) is 12.0 Å². The summed E-state index contributed by atoms with van der Waals surface area (Å²) in [6.07, 6.45) is 0.908. The summed E-state index contributed by atoms with van der Waals surface area (Å²) < 4.78 is 26.6. The second-order valence-corrected chi connectivity index (χ2v) is 3.03. The van der Waals surface area contributed by atoms with E-state index < -0.39 is 5.92 Å². The van der Waals surface area contributed by atoms with Gasteiger partial charge in [0.05, 0.1) is 0 Å². The van der Waals surface area contributed by atoms with Crippen LogP contribution in [0, 0.1) is 6.92 Å². The van der Waals surface area contributed by atoms with Crippen molar-refractivity contribution in [2.24, 2.45) is 0 Å². The summed E-state index contributed by atoms with van der Waals surface area (Å²) in [6, 6.07) is 7.92. The minimum absolute atomic E-state index is 0.100. The minimum Gasteiger partial charge on any atom is -0.201 e. The van der Waals surface area contributed by atoms with E-state index in [-0.39, 0.29) is 12.0 Å². The van der Waals surface area contributed by atoms with Crippen LogP contribution in [-0.2, 0) is 5.92 Å². The Morgan fingerprint density at radius 3 is 2.31 bits per heavy atom. The third-order valence-electron chi connectivity index (χ3n) is 1.94. The van der Waals surface area contributed by atoms with E-state index >= 15 is 0 Å². The summed E-state index contributed by atoms with van der Waals surface area (Å²) in [5, 5.41) is 0. The van der Waals surface area contributed by atoms with Crippen molar-refractivity contribution in [1.82, 2.24) is 0 Å². The molecule has 1 radical (unpaired) electrons. The average Bonchev–Trinajstić information content (AvgIpc) is 2.16. The van der Waals surface area contributed by atoms with Crippen molar-refractivity contribution in [2.45, 2.75) is 25.2 Å². The molecule has 2 heteroatoms. The van der Waals surface area contributed by atoms with Gasteiger partial charge in [-0.2, -0.15) is 0 Å². The molecule has 0 atom stereocenters. The predicted octanol–water partition coefficient (Wildman–Crippen LogP) is 3.78. The first-order chi connectivity index (χ1) is 6.17. The van der Waals surface area contributed by atoms with Crippen molar-refractivity contribution in [3.05, 3.63) is 42.8 Å². The van der Waals surface area contributed by atoms with Gasteiger partial charge in [0.2, 0.25) is 0 Å². The number of hydrogen-bond donors (Lipinski definition) is 0. The molecule has 0 aliphatic rings. The van der Waals surface area contributed by atoms with Crippen LogP contribution in [0.15, 0.2) is 30.3 Å². The van der Waals surface area contributed by atoms with Crippen molar-refractivity contribution in [3.8, 4) is 0 Å². The zero-order valence-electron chi connectivity index (χ0n) is 7.47. The highest BCUT2D eigenvalue weighted by molar-refractivity contribution is 5.19. The molecule has 0 amide bonds. The molecule has 0 aliphatic carbocycles. The first-order valence-electron chi connectivity index (χ1n) is 4.39. The van der Waals surface area contributed by atoms with Crippen LogP contribution in [0.4, 0.5) is 8.78 Å². The summed E-state index contributed by atoms with van der Waals surface area (Å²) >= 11 is 0. The highest BCUT2D eigenvalue weighted by Crippen LogP contribution is 2.32. The zero-order valence-corrected chi connectivity index (χ0v) is 7.47. The SMILES string of the molecule is [CH2]CCCC(F)(F)c1ccccc1. The van der Waals surface area contributed by atoms with Gasteiger partial charge in [-0.3, -0.25) is 0 Å². The second kappa shape index (κ2) is 4.35. The minimum atomic E-state index is -2.70. The third kappa shape index (κ3) is 2.79. The molecule has 0 aliphatic heterocycles. The molecule has 0 bridgehead atoms. The summed E-state index contributed by atoms with van der Waals surface area (Å²) in [5.74, 6) is -2.70. The fraction of sp³-hybridized carbons (Fsp3) is 0.364. The van der Waals surface area contributed by atoms with E-state index in [4.69, 9.17) is 0 Å². The maximum Gasteiger partial charge on any atom is 0.273 e. The maximum atomic E-state index is 13.3. The second-order valence-electron chi connectivity index (χ2n) is 3.03. The molecular formula is C11H13F2. The quantitative estimate of drug-likeness (QED) is 0.666. The first-order valence-corrected chi connectivity index (χ1v) is 4.39. The van der Waals surface area contributed by atoms with Gasteiger partial charge in [0.15, 0.2) is 0 Å². The predicted molar refractivity (Wildman–Crippen MR) is 49.5 cm³/mol. The van der Waals surface area contributed by atoms with E-state index in [2.05, 4.69) is 6.92 Å². The van der Waals surface area contributed by atoms with Gasteiger partial charge in [0.25, 0.3) is 5.92 Å². The summed E-state index contributed by atoms with van der Waals surface area (Å²) in [6.45, 7) is 3.55. The number of alkyl halides is 2. The molecule has 71 valence electrons. The van der Waals surface area contributed by atoms with Crippen LogP contribution < -0.4 is 0 Å². The normalized spacial score (nSPS) is 11.6. The number of halogens is 2. The first kappa shape index (κ1) is 10.2. The lowest BCUT2D eigenvalue weighted by atomic mass is 10.0. The highest BCUT2D eigenvalue weighted by Gasteiger charge is 2.29. The molecule has 0 spiro atoms. The molecule has 1 rings (SSSR count). The molecule has 0 unspecified atom stereocenters. The molecule has 0 heterocycles. The van der Waals surface area contributed by atoms with Gasteiger partial charge in [-0.1, -0.05) is 43.7 Å². The molecule has 13 heavy (non-hydrogen) atoms. The Morgan fingerprint density at radius 2 is 1.77 bits per heavy atom. The Morgan fingerprint density at radius 1 is 1.15 bits per heavy atom. The third-order valence-corrected chi connectivity index (χ3v) is 1.94. The van der Waals surface area contributed by atoms with Gasteiger partial charge in [-0.05, 0) is 6.42 Å². The van der Waals surface area contributed by atoms with E-state index in [1.807, 2.05) is 0 Å². The van der Waals surface area contributed by atoms with E-state index in [1.165, 1.54) is 12.1 Å². The molecule has 0 fully saturated rings. The Bertz CT molecular complexity index is 242. The molecule has 0 nitrogen and oxygen atoms in total. The molecule has 0 saturated heterocycles. The molecule has 0 N–H and O–H groups in total. The zero-order chi connectivity index (χ0) is 9.73. The van der Waals surface area contributed by atoms with Crippen LogP contribution in [0.1, 0.15) is 24.8 Å². The Balaban J connectivity index is 2.69. The summed E-state index contributed by atoms with van der Waals surface area (Å²) in [4.78, 5) is 0. The molecule has 0 aromatic heterocycles. The number of benzene rings is 1. The Kier molecular flexibility index (Phi) is 3.40.